The van der Waals surface area contributed by atoms with Crippen LogP contribution >= 0.6 is 0 Å². The summed E-state index contributed by atoms with van der Waals surface area (Å²) >= 11 is 0. The number of hydrogen-bond acceptors (Lipinski definition) is 2. The molecule has 5 aromatic rings. The molecule has 3 heteroatoms. The number of pyridine rings is 1. The summed E-state index contributed by atoms with van der Waals surface area (Å²) < 4.78 is 8.77. The van der Waals surface area contributed by atoms with E-state index in [1.54, 1.807) is 0 Å². The van der Waals surface area contributed by atoms with Crippen LogP contribution in [0.15, 0.2) is 77.3 Å². The predicted molar refractivity (Wildman–Crippen MR) is 132 cm³/mol. The Labute approximate surface area is 193 Å². The molecule has 160 valence electrons. The van der Waals surface area contributed by atoms with Gasteiger partial charge in [-0.1, -0.05) is 42.8 Å². The minimum Gasteiger partial charge on any atom is -0.454 e. The molecule has 1 aliphatic carbocycles. The van der Waals surface area contributed by atoms with E-state index < -0.39 is 0 Å². The lowest BCUT2D eigenvalue weighted by molar-refractivity contribution is -0.660. The Balaban J connectivity index is 1.63. The fourth-order valence-electron chi connectivity index (χ4n) is 5.15. The van der Waals surface area contributed by atoms with Crippen molar-refractivity contribution in [1.29, 1.82) is 5.26 Å². The third-order valence-electron chi connectivity index (χ3n) is 7.23. The quantitative estimate of drug-likeness (QED) is 0.285. The minimum absolute atomic E-state index is 0.640. The zero-order valence-corrected chi connectivity index (χ0v) is 18.9. The van der Waals surface area contributed by atoms with Crippen molar-refractivity contribution in [2.24, 2.45) is 7.05 Å². The topological polar surface area (TPSA) is 40.8 Å². The van der Waals surface area contributed by atoms with E-state index in [1.807, 2.05) is 18.2 Å². The molecule has 0 aliphatic heterocycles. The highest BCUT2D eigenvalue weighted by atomic mass is 16.3. The van der Waals surface area contributed by atoms with Gasteiger partial charge in [0.15, 0.2) is 6.20 Å². The molecule has 0 saturated heterocycles. The molecule has 1 aliphatic rings. The summed E-state index contributed by atoms with van der Waals surface area (Å²) in [5.41, 5.74) is 8.96. The van der Waals surface area contributed by atoms with Crippen LogP contribution < -0.4 is 4.57 Å². The van der Waals surface area contributed by atoms with Crippen molar-refractivity contribution in [3.8, 4) is 28.5 Å². The Bertz CT molecular complexity index is 1560. The van der Waals surface area contributed by atoms with Gasteiger partial charge in [-0.05, 0) is 60.6 Å². The second-order valence-electron chi connectivity index (χ2n) is 9.16. The van der Waals surface area contributed by atoms with Crippen LogP contribution in [0.1, 0.15) is 41.9 Å². The molecule has 0 radical (unpaired) electrons. The number of furan rings is 1. The van der Waals surface area contributed by atoms with Gasteiger partial charge in [0.05, 0.1) is 17.2 Å². The SMILES string of the molecule is Cc1ccc2c(oc3c(-c4ccc(C5CCC5)cc4)c(C#N)ccc32)c1-c1cccc[n+]1C. The van der Waals surface area contributed by atoms with Crippen molar-refractivity contribution in [2.75, 3.05) is 0 Å². The van der Waals surface area contributed by atoms with Crippen LogP contribution in [0.25, 0.3) is 44.3 Å². The van der Waals surface area contributed by atoms with Gasteiger partial charge in [-0.25, -0.2) is 4.57 Å². The van der Waals surface area contributed by atoms with Gasteiger partial charge >= 0.3 is 0 Å². The highest BCUT2D eigenvalue weighted by Gasteiger charge is 2.23. The van der Waals surface area contributed by atoms with Crippen LogP contribution in [0, 0.1) is 18.3 Å². The van der Waals surface area contributed by atoms with E-state index in [2.05, 4.69) is 79.3 Å². The fraction of sp³-hybridized carbons (Fsp3) is 0.200. The Morgan fingerprint density at radius 1 is 0.879 bits per heavy atom. The lowest BCUT2D eigenvalue weighted by Gasteiger charge is -2.25. The van der Waals surface area contributed by atoms with E-state index in [0.29, 0.717) is 11.5 Å². The zero-order chi connectivity index (χ0) is 22.5. The van der Waals surface area contributed by atoms with E-state index in [4.69, 9.17) is 4.42 Å². The second kappa shape index (κ2) is 7.60. The van der Waals surface area contributed by atoms with Crippen LogP contribution in [0.3, 0.4) is 0 Å². The number of benzene rings is 3. The highest BCUT2D eigenvalue weighted by Crippen LogP contribution is 2.42. The lowest BCUT2D eigenvalue weighted by atomic mass is 9.79. The maximum Gasteiger partial charge on any atom is 0.216 e. The minimum atomic E-state index is 0.640. The van der Waals surface area contributed by atoms with Gasteiger partial charge in [0.1, 0.15) is 18.2 Å². The number of aromatic nitrogens is 1. The molecule has 0 bridgehead atoms. The van der Waals surface area contributed by atoms with Crippen molar-refractivity contribution >= 4 is 21.9 Å². The molecule has 2 aromatic heterocycles. The first-order valence-corrected chi connectivity index (χ1v) is 11.6. The highest BCUT2D eigenvalue weighted by molar-refractivity contribution is 6.13. The third kappa shape index (κ3) is 3.06. The average Bonchev–Trinajstić information content (AvgIpc) is 3.17. The molecule has 6 rings (SSSR count). The number of nitriles is 1. The number of nitrogens with zero attached hydrogens (tertiary/aromatic N) is 2. The fourth-order valence-corrected chi connectivity index (χ4v) is 5.15. The standard InChI is InChI=1S/C30H25N2O/c1-19-9-15-24-25-16-14-23(18-31)28(22-12-10-21(11-13-22)20-6-5-7-20)30(25)33-29(24)27(19)26-8-3-4-17-32(26)2/h3-4,8-17,20H,5-7H2,1-2H3/q+1. The van der Waals surface area contributed by atoms with Crippen molar-refractivity contribution < 1.29 is 8.98 Å². The molecule has 0 amide bonds. The molecule has 2 heterocycles. The van der Waals surface area contributed by atoms with Crippen molar-refractivity contribution in [2.45, 2.75) is 32.1 Å². The lowest BCUT2D eigenvalue weighted by Crippen LogP contribution is -2.30. The van der Waals surface area contributed by atoms with Gasteiger partial charge < -0.3 is 4.42 Å². The maximum atomic E-state index is 9.92. The first-order chi connectivity index (χ1) is 16.2. The molecular formula is C30H25N2O+. The first-order valence-electron chi connectivity index (χ1n) is 11.6. The largest absolute Gasteiger partial charge is 0.454 e. The van der Waals surface area contributed by atoms with Crippen LogP contribution in [0.4, 0.5) is 0 Å². The molecule has 33 heavy (non-hydrogen) atoms. The summed E-state index contributed by atoms with van der Waals surface area (Å²) in [6.07, 6.45) is 5.94. The number of fused-ring (bicyclic) bond motifs is 3. The maximum absolute atomic E-state index is 9.92. The molecule has 0 unspecified atom stereocenters. The van der Waals surface area contributed by atoms with Crippen molar-refractivity contribution in [1.82, 2.24) is 0 Å². The Kier molecular flexibility index (Phi) is 4.55. The van der Waals surface area contributed by atoms with E-state index in [-0.39, 0.29) is 0 Å². The van der Waals surface area contributed by atoms with Crippen LogP contribution in [-0.2, 0) is 7.05 Å². The van der Waals surface area contributed by atoms with Gasteiger partial charge in [0, 0.05) is 28.5 Å². The van der Waals surface area contributed by atoms with Crippen molar-refractivity contribution in [3.63, 3.8) is 0 Å². The van der Waals surface area contributed by atoms with Gasteiger partial charge in [0.25, 0.3) is 0 Å². The third-order valence-corrected chi connectivity index (χ3v) is 7.23. The molecular weight excluding hydrogens is 404 g/mol. The van der Waals surface area contributed by atoms with Gasteiger partial charge in [0.2, 0.25) is 5.69 Å². The Hall–Kier alpha value is -3.90. The summed E-state index contributed by atoms with van der Waals surface area (Å²) in [5.74, 6) is 0.689. The first kappa shape index (κ1) is 19.8. The number of rotatable bonds is 3. The van der Waals surface area contributed by atoms with Gasteiger partial charge in [-0.15, -0.1) is 0 Å². The summed E-state index contributed by atoms with van der Waals surface area (Å²) in [7, 11) is 2.05. The summed E-state index contributed by atoms with van der Waals surface area (Å²) in [6, 6.07) is 25.6. The average molecular weight is 430 g/mol. The molecule has 0 spiro atoms. The summed E-state index contributed by atoms with van der Waals surface area (Å²) in [5, 5.41) is 12.0. The van der Waals surface area contributed by atoms with E-state index in [9.17, 15) is 5.26 Å². The summed E-state index contributed by atoms with van der Waals surface area (Å²) in [6.45, 7) is 2.12. The van der Waals surface area contributed by atoms with E-state index in [0.717, 1.165) is 49.9 Å². The molecule has 0 atom stereocenters. The summed E-state index contributed by atoms with van der Waals surface area (Å²) in [4.78, 5) is 0. The van der Waals surface area contributed by atoms with Crippen LogP contribution in [0.2, 0.25) is 0 Å². The van der Waals surface area contributed by atoms with E-state index >= 15 is 0 Å². The van der Waals surface area contributed by atoms with Gasteiger partial charge in [-0.3, -0.25) is 0 Å². The monoisotopic (exact) mass is 429 g/mol. The molecule has 0 N–H and O–H groups in total. The van der Waals surface area contributed by atoms with Crippen LogP contribution in [-0.4, -0.2) is 0 Å². The Morgan fingerprint density at radius 2 is 1.61 bits per heavy atom. The normalized spacial score (nSPS) is 13.8. The van der Waals surface area contributed by atoms with Crippen LogP contribution in [0.5, 0.6) is 0 Å². The number of aryl methyl sites for hydroxylation is 2. The van der Waals surface area contributed by atoms with Crippen molar-refractivity contribution in [3.05, 3.63) is 89.6 Å². The molecule has 1 fully saturated rings. The second-order valence-corrected chi connectivity index (χ2v) is 9.16. The zero-order valence-electron chi connectivity index (χ0n) is 18.9. The Morgan fingerprint density at radius 3 is 2.27 bits per heavy atom. The molecule has 1 saturated carbocycles. The predicted octanol–water partition coefficient (Wildman–Crippen LogP) is 7.19. The van der Waals surface area contributed by atoms with Gasteiger partial charge in [-0.2, -0.15) is 5.26 Å². The molecule has 3 aromatic carbocycles. The smallest absolute Gasteiger partial charge is 0.216 e. The molecule has 3 nitrogen and oxygen atoms in total. The number of hydrogen-bond donors (Lipinski definition) is 0. The van der Waals surface area contributed by atoms with E-state index in [1.165, 1.54) is 24.8 Å².